The summed E-state index contributed by atoms with van der Waals surface area (Å²) < 4.78 is 1.10. The van der Waals surface area contributed by atoms with Gasteiger partial charge in [0.25, 0.3) is 0 Å². The molecule has 21 heavy (non-hydrogen) atoms. The average molecular weight is 328 g/mol. The van der Waals surface area contributed by atoms with E-state index in [9.17, 15) is 14.7 Å². The molecule has 2 aromatic rings. The van der Waals surface area contributed by atoms with Gasteiger partial charge in [-0.2, -0.15) is 5.10 Å². The number of carboxylic acid groups (broad SMARTS) is 2. The second-order valence-electron chi connectivity index (χ2n) is 4.36. The van der Waals surface area contributed by atoms with Crippen molar-refractivity contribution >= 4 is 40.8 Å². The Hall–Kier alpha value is -2.25. The highest BCUT2D eigenvalue weighted by Gasteiger charge is 2.32. The molecule has 1 aromatic carbocycles. The van der Waals surface area contributed by atoms with Gasteiger partial charge in [0.05, 0.1) is 15.7 Å². The van der Waals surface area contributed by atoms with E-state index in [0.717, 1.165) is 4.68 Å². The highest BCUT2D eigenvalue weighted by Crippen LogP contribution is 2.40. The lowest BCUT2D eigenvalue weighted by Gasteiger charge is -2.26. The predicted molar refractivity (Wildman–Crippen MR) is 74.9 cm³/mol. The van der Waals surface area contributed by atoms with Gasteiger partial charge < -0.3 is 15.5 Å². The highest BCUT2D eigenvalue weighted by molar-refractivity contribution is 6.42. The minimum Gasteiger partial charge on any atom is -0.478 e. The fraction of sp³-hybridized carbons (Fsp3) is 0.0833. The third-order valence-electron chi connectivity index (χ3n) is 3.06. The molecule has 0 radical (unpaired) electrons. The van der Waals surface area contributed by atoms with Gasteiger partial charge in [-0.15, -0.1) is 0 Å². The quantitative estimate of drug-likeness (QED) is 0.783. The van der Waals surface area contributed by atoms with Gasteiger partial charge in [0.2, 0.25) is 6.17 Å². The molecular formula is C12H7Cl2N3O4. The second kappa shape index (κ2) is 4.64. The number of aliphatic carboxylic acids is 1. The van der Waals surface area contributed by atoms with Crippen molar-refractivity contribution in [3.05, 3.63) is 33.9 Å². The van der Waals surface area contributed by atoms with Crippen molar-refractivity contribution in [2.45, 2.75) is 6.17 Å². The number of halogens is 2. The molecule has 3 rings (SSSR count). The maximum atomic E-state index is 11.3. The predicted octanol–water partition coefficient (Wildman–Crippen LogP) is 2.56. The van der Waals surface area contributed by atoms with Gasteiger partial charge in [-0.05, 0) is 18.2 Å². The molecule has 0 spiro atoms. The molecule has 1 atom stereocenters. The van der Waals surface area contributed by atoms with E-state index in [-0.39, 0.29) is 15.7 Å². The van der Waals surface area contributed by atoms with E-state index in [1.807, 2.05) is 0 Å². The van der Waals surface area contributed by atoms with E-state index in [1.165, 1.54) is 18.2 Å². The van der Waals surface area contributed by atoms with Gasteiger partial charge in [0, 0.05) is 11.3 Å². The molecule has 0 amide bonds. The molecule has 0 aliphatic carbocycles. The number of rotatable bonds is 2. The number of benzene rings is 1. The number of nitrogens with zero attached hydrogens (tertiary/aromatic N) is 2. The Balaban J connectivity index is 2.27. The third kappa shape index (κ3) is 2.10. The van der Waals surface area contributed by atoms with Crippen LogP contribution in [-0.2, 0) is 4.79 Å². The Morgan fingerprint density at radius 3 is 2.48 bits per heavy atom. The summed E-state index contributed by atoms with van der Waals surface area (Å²) in [5.74, 6) is -2.45. The first kappa shape index (κ1) is 13.7. The van der Waals surface area contributed by atoms with Crippen LogP contribution in [0.3, 0.4) is 0 Å². The third-order valence-corrected chi connectivity index (χ3v) is 3.78. The molecule has 108 valence electrons. The Bertz CT molecular complexity index is 787. The van der Waals surface area contributed by atoms with Gasteiger partial charge in [-0.1, -0.05) is 23.2 Å². The lowest BCUT2D eigenvalue weighted by Crippen LogP contribution is -2.31. The zero-order valence-corrected chi connectivity index (χ0v) is 11.7. The maximum absolute atomic E-state index is 11.3. The molecule has 0 saturated carbocycles. The first-order chi connectivity index (χ1) is 9.88. The van der Waals surface area contributed by atoms with Crippen molar-refractivity contribution in [2.24, 2.45) is 0 Å². The van der Waals surface area contributed by atoms with Crippen LogP contribution in [0.25, 0.3) is 11.3 Å². The summed E-state index contributed by atoms with van der Waals surface area (Å²) in [7, 11) is 0. The molecule has 0 fully saturated rings. The van der Waals surface area contributed by atoms with E-state index in [0.29, 0.717) is 16.9 Å². The van der Waals surface area contributed by atoms with Gasteiger partial charge in [0.1, 0.15) is 0 Å². The topological polar surface area (TPSA) is 104 Å². The van der Waals surface area contributed by atoms with Gasteiger partial charge >= 0.3 is 11.9 Å². The number of hydrogen-bond acceptors (Lipinski definition) is 4. The normalized spacial score (nSPS) is 15.8. The first-order valence-corrected chi connectivity index (χ1v) is 6.45. The summed E-state index contributed by atoms with van der Waals surface area (Å²) in [4.78, 5) is 22.4. The van der Waals surface area contributed by atoms with Gasteiger partial charge in [-0.25, -0.2) is 14.3 Å². The number of fused-ring (bicyclic) bond motifs is 3. The second-order valence-corrected chi connectivity index (χ2v) is 5.18. The summed E-state index contributed by atoms with van der Waals surface area (Å²) >= 11 is 11.9. The molecule has 2 heterocycles. The lowest BCUT2D eigenvalue weighted by molar-refractivity contribution is -0.140. The SMILES string of the molecule is O=C(O)c1cc2n(n1)C(C(=O)O)Nc1cc(Cl)c(Cl)cc1-2. The minimum atomic E-state index is -1.25. The molecule has 7 nitrogen and oxygen atoms in total. The summed E-state index contributed by atoms with van der Waals surface area (Å²) in [6.45, 7) is 0. The zero-order chi connectivity index (χ0) is 15.3. The zero-order valence-electron chi connectivity index (χ0n) is 10.2. The molecule has 9 heteroatoms. The van der Waals surface area contributed by atoms with E-state index < -0.39 is 18.1 Å². The van der Waals surface area contributed by atoms with E-state index in [1.54, 1.807) is 0 Å². The van der Waals surface area contributed by atoms with Crippen molar-refractivity contribution < 1.29 is 19.8 Å². The van der Waals surface area contributed by atoms with E-state index >= 15 is 0 Å². The first-order valence-electron chi connectivity index (χ1n) is 5.70. The van der Waals surface area contributed by atoms with E-state index in [4.69, 9.17) is 28.3 Å². The number of carbonyl (C=O) groups is 2. The highest BCUT2D eigenvalue weighted by atomic mass is 35.5. The minimum absolute atomic E-state index is 0.253. The Morgan fingerprint density at radius 2 is 1.86 bits per heavy atom. The van der Waals surface area contributed by atoms with Gasteiger partial charge in [0.15, 0.2) is 5.69 Å². The average Bonchev–Trinajstić information content (AvgIpc) is 2.84. The number of nitrogens with one attached hydrogen (secondary N) is 1. The molecule has 1 aliphatic rings. The number of aromatic carboxylic acids is 1. The lowest BCUT2D eigenvalue weighted by atomic mass is 10.1. The fourth-order valence-corrected chi connectivity index (χ4v) is 2.48. The van der Waals surface area contributed by atoms with Crippen LogP contribution >= 0.6 is 23.2 Å². The Kier molecular flexibility index (Phi) is 3.03. The van der Waals surface area contributed by atoms with Crippen LogP contribution < -0.4 is 5.32 Å². The summed E-state index contributed by atoms with van der Waals surface area (Å²) in [6, 6.07) is 4.32. The Labute approximate surface area is 127 Å². The van der Waals surface area contributed by atoms with Crippen LogP contribution in [0.2, 0.25) is 10.0 Å². The summed E-state index contributed by atoms with van der Waals surface area (Å²) in [5.41, 5.74) is 1.06. The molecule has 0 saturated heterocycles. The number of anilines is 1. The summed E-state index contributed by atoms with van der Waals surface area (Å²) in [5, 5.41) is 25.3. The molecular weight excluding hydrogens is 321 g/mol. The van der Waals surface area contributed by atoms with E-state index in [2.05, 4.69) is 10.4 Å². The van der Waals surface area contributed by atoms with Crippen LogP contribution in [0.4, 0.5) is 5.69 Å². The summed E-state index contributed by atoms with van der Waals surface area (Å²) in [6.07, 6.45) is -1.22. The number of hydrogen-bond donors (Lipinski definition) is 3. The molecule has 1 aromatic heterocycles. The van der Waals surface area contributed by atoms with Crippen molar-refractivity contribution in [2.75, 3.05) is 5.32 Å². The van der Waals surface area contributed by atoms with Crippen LogP contribution in [-0.4, -0.2) is 31.9 Å². The standard InChI is InChI=1S/C12H7Cl2N3O4/c13-5-1-4-7(2-6(5)14)15-10(12(20)21)17-9(4)3-8(16-17)11(18)19/h1-3,10,15H,(H,18,19)(H,20,21). The molecule has 1 aliphatic heterocycles. The van der Waals surface area contributed by atoms with Crippen LogP contribution in [0.15, 0.2) is 18.2 Å². The smallest absolute Gasteiger partial charge is 0.356 e. The largest absolute Gasteiger partial charge is 0.478 e. The van der Waals surface area contributed by atoms with Crippen molar-refractivity contribution in [3.8, 4) is 11.3 Å². The molecule has 1 unspecified atom stereocenters. The van der Waals surface area contributed by atoms with Crippen molar-refractivity contribution in [3.63, 3.8) is 0 Å². The monoisotopic (exact) mass is 327 g/mol. The number of carboxylic acids is 2. The van der Waals surface area contributed by atoms with Gasteiger partial charge in [-0.3, -0.25) is 0 Å². The van der Waals surface area contributed by atoms with Crippen LogP contribution in [0.1, 0.15) is 16.7 Å². The fourth-order valence-electron chi connectivity index (χ4n) is 2.15. The maximum Gasteiger partial charge on any atom is 0.356 e. The van der Waals surface area contributed by atoms with Crippen molar-refractivity contribution in [1.82, 2.24) is 9.78 Å². The molecule has 0 bridgehead atoms. The van der Waals surface area contributed by atoms with Crippen LogP contribution in [0.5, 0.6) is 0 Å². The number of aromatic nitrogens is 2. The van der Waals surface area contributed by atoms with Crippen molar-refractivity contribution in [1.29, 1.82) is 0 Å². The molecule has 3 N–H and O–H groups in total. The Morgan fingerprint density at radius 1 is 1.19 bits per heavy atom. The van der Waals surface area contributed by atoms with Crippen LogP contribution in [0, 0.1) is 0 Å².